The Morgan fingerprint density at radius 2 is 1.83 bits per heavy atom. The van der Waals surface area contributed by atoms with Crippen LogP contribution in [0.4, 0.5) is 11.4 Å². The van der Waals surface area contributed by atoms with Gasteiger partial charge in [-0.2, -0.15) is 0 Å². The summed E-state index contributed by atoms with van der Waals surface area (Å²) in [7, 11) is 0. The number of hydrogen-bond donors (Lipinski definition) is 1. The van der Waals surface area contributed by atoms with Gasteiger partial charge in [-0.15, -0.1) is 0 Å². The molecule has 2 aromatic carbocycles. The molecule has 3 saturated heterocycles. The Morgan fingerprint density at radius 3 is 2.65 bits per heavy atom. The minimum absolute atomic E-state index is 0.841. The summed E-state index contributed by atoms with van der Waals surface area (Å²) in [6.45, 7) is 3.96. The standard InChI is InChI=1S/C20H22N2S/c1-2-6-18-17(5-1)21-20-15(4-3-7-19(20)23-18)12-16-13-22-10-8-14(16)9-11-22/h1-7,14,16,21H,8-13H2/t16-/m0/s1. The molecule has 3 fully saturated rings. The maximum atomic E-state index is 3.71. The maximum absolute atomic E-state index is 3.71. The van der Waals surface area contributed by atoms with Crippen molar-refractivity contribution in [1.82, 2.24) is 4.90 Å². The highest BCUT2D eigenvalue weighted by molar-refractivity contribution is 7.99. The number of anilines is 2. The van der Waals surface area contributed by atoms with E-state index in [2.05, 4.69) is 52.7 Å². The van der Waals surface area contributed by atoms with E-state index in [0.29, 0.717) is 0 Å². The first-order chi connectivity index (χ1) is 11.4. The molecule has 0 amide bonds. The topological polar surface area (TPSA) is 15.3 Å². The molecule has 4 heterocycles. The summed E-state index contributed by atoms with van der Waals surface area (Å²) in [6.07, 6.45) is 4.04. The van der Waals surface area contributed by atoms with Crippen LogP contribution in [-0.4, -0.2) is 24.5 Å². The smallest absolute Gasteiger partial charge is 0.0559 e. The van der Waals surface area contributed by atoms with Gasteiger partial charge >= 0.3 is 0 Å². The van der Waals surface area contributed by atoms with Gasteiger partial charge in [-0.1, -0.05) is 36.0 Å². The number of hydrogen-bond acceptors (Lipinski definition) is 3. The normalized spacial score (nSPS) is 27.9. The lowest BCUT2D eigenvalue weighted by Gasteiger charge is -2.45. The van der Waals surface area contributed by atoms with Crippen LogP contribution < -0.4 is 5.32 Å². The summed E-state index contributed by atoms with van der Waals surface area (Å²) in [4.78, 5) is 5.37. The van der Waals surface area contributed by atoms with Gasteiger partial charge in [0.1, 0.15) is 0 Å². The van der Waals surface area contributed by atoms with Crippen LogP contribution in [0.3, 0.4) is 0 Å². The zero-order chi connectivity index (χ0) is 15.2. The van der Waals surface area contributed by atoms with E-state index in [1.807, 2.05) is 11.8 Å². The molecular weight excluding hydrogens is 300 g/mol. The zero-order valence-electron chi connectivity index (χ0n) is 13.3. The van der Waals surface area contributed by atoms with E-state index >= 15 is 0 Å². The molecule has 3 heteroatoms. The number of benzene rings is 2. The first-order valence-corrected chi connectivity index (χ1v) is 9.56. The third-order valence-corrected chi connectivity index (χ3v) is 6.89. The summed E-state index contributed by atoms with van der Waals surface area (Å²) in [6, 6.07) is 15.5. The Hall–Kier alpha value is -1.45. The van der Waals surface area contributed by atoms with Crippen LogP contribution in [-0.2, 0) is 6.42 Å². The number of rotatable bonds is 2. The maximum Gasteiger partial charge on any atom is 0.0559 e. The van der Waals surface area contributed by atoms with E-state index < -0.39 is 0 Å². The van der Waals surface area contributed by atoms with Crippen LogP contribution in [0.5, 0.6) is 0 Å². The molecule has 0 radical (unpaired) electrons. The summed E-state index contributed by atoms with van der Waals surface area (Å²) >= 11 is 1.90. The van der Waals surface area contributed by atoms with Gasteiger partial charge in [-0.25, -0.2) is 0 Å². The zero-order valence-corrected chi connectivity index (χ0v) is 14.1. The Morgan fingerprint density at radius 1 is 1.00 bits per heavy atom. The highest BCUT2D eigenvalue weighted by Gasteiger charge is 2.34. The number of nitrogens with one attached hydrogen (secondary N) is 1. The van der Waals surface area contributed by atoms with E-state index in [-0.39, 0.29) is 0 Å². The average molecular weight is 322 g/mol. The van der Waals surface area contributed by atoms with Crippen LogP contribution in [0, 0.1) is 11.8 Å². The van der Waals surface area contributed by atoms with Crippen molar-refractivity contribution in [2.75, 3.05) is 25.0 Å². The number of piperidine rings is 3. The van der Waals surface area contributed by atoms with Crippen LogP contribution in [0.1, 0.15) is 18.4 Å². The molecule has 23 heavy (non-hydrogen) atoms. The predicted molar refractivity (Wildman–Crippen MR) is 96.6 cm³/mol. The number of nitrogens with zero attached hydrogens (tertiary/aromatic N) is 1. The Balaban J connectivity index is 1.45. The van der Waals surface area contributed by atoms with E-state index in [1.165, 1.54) is 65.6 Å². The molecule has 4 aliphatic rings. The average Bonchev–Trinajstić information content (AvgIpc) is 2.61. The second-order valence-electron chi connectivity index (χ2n) is 7.12. The van der Waals surface area contributed by atoms with Crippen LogP contribution in [0.2, 0.25) is 0 Å². The van der Waals surface area contributed by atoms with E-state index in [0.717, 1.165) is 11.8 Å². The fourth-order valence-corrected chi connectivity index (χ4v) is 5.53. The van der Waals surface area contributed by atoms with Gasteiger partial charge in [-0.05, 0) is 68.0 Å². The van der Waals surface area contributed by atoms with E-state index in [4.69, 9.17) is 0 Å². The van der Waals surface area contributed by atoms with Gasteiger partial charge in [0.25, 0.3) is 0 Å². The third kappa shape index (κ3) is 2.47. The molecule has 0 spiro atoms. The minimum atomic E-state index is 0.841. The van der Waals surface area contributed by atoms with Crippen molar-refractivity contribution in [3.63, 3.8) is 0 Å². The molecule has 1 N–H and O–H groups in total. The lowest BCUT2D eigenvalue weighted by atomic mass is 9.76. The SMILES string of the molecule is c1ccc2c(c1)Nc1c(C[C@H]3CN4CCC3CC4)cccc1S2. The molecule has 0 aliphatic carbocycles. The fraction of sp³-hybridized carbons (Fsp3) is 0.400. The molecule has 0 unspecified atom stereocenters. The van der Waals surface area contributed by atoms with Crippen LogP contribution in [0.25, 0.3) is 0 Å². The van der Waals surface area contributed by atoms with Gasteiger partial charge < -0.3 is 10.2 Å². The molecule has 1 atom stereocenters. The summed E-state index contributed by atoms with van der Waals surface area (Å²) in [5.74, 6) is 1.78. The van der Waals surface area contributed by atoms with Crippen molar-refractivity contribution in [3.05, 3.63) is 48.0 Å². The quantitative estimate of drug-likeness (QED) is 0.731. The van der Waals surface area contributed by atoms with E-state index in [1.54, 1.807) is 0 Å². The van der Waals surface area contributed by atoms with Crippen molar-refractivity contribution in [2.45, 2.75) is 29.1 Å². The number of para-hydroxylation sites is 2. The molecule has 4 aliphatic heterocycles. The Bertz CT molecular complexity index is 734. The Labute approximate surface area is 142 Å². The first kappa shape index (κ1) is 13.9. The fourth-order valence-electron chi connectivity index (χ4n) is 4.49. The van der Waals surface area contributed by atoms with E-state index in [9.17, 15) is 0 Å². The molecule has 0 aromatic heterocycles. The Kier molecular flexibility index (Phi) is 3.38. The first-order valence-electron chi connectivity index (χ1n) is 8.75. The summed E-state index contributed by atoms with van der Waals surface area (Å²) in [5, 5.41) is 3.71. The molecule has 0 saturated carbocycles. The monoisotopic (exact) mass is 322 g/mol. The van der Waals surface area contributed by atoms with Crippen molar-refractivity contribution in [1.29, 1.82) is 0 Å². The van der Waals surface area contributed by atoms with Crippen molar-refractivity contribution in [2.24, 2.45) is 11.8 Å². The highest BCUT2D eigenvalue weighted by atomic mass is 32.2. The third-order valence-electron chi connectivity index (χ3n) is 5.75. The largest absolute Gasteiger partial charge is 0.353 e. The lowest BCUT2D eigenvalue weighted by Crippen LogP contribution is -2.48. The molecule has 6 rings (SSSR count). The number of fused-ring (bicyclic) bond motifs is 5. The second kappa shape index (κ2) is 5.57. The molecule has 2 nitrogen and oxygen atoms in total. The molecule has 2 aromatic rings. The lowest BCUT2D eigenvalue weighted by molar-refractivity contribution is 0.0513. The van der Waals surface area contributed by atoms with Gasteiger partial charge in [0.15, 0.2) is 0 Å². The second-order valence-corrected chi connectivity index (χ2v) is 8.20. The van der Waals surface area contributed by atoms with Gasteiger partial charge in [0.2, 0.25) is 0 Å². The van der Waals surface area contributed by atoms with Gasteiger partial charge in [0, 0.05) is 16.3 Å². The highest BCUT2D eigenvalue weighted by Crippen LogP contribution is 2.46. The summed E-state index contributed by atoms with van der Waals surface area (Å²) < 4.78 is 0. The minimum Gasteiger partial charge on any atom is -0.353 e. The molecule has 2 bridgehead atoms. The molecule has 118 valence electrons. The molecular formula is C20H22N2S. The van der Waals surface area contributed by atoms with Crippen molar-refractivity contribution >= 4 is 23.1 Å². The van der Waals surface area contributed by atoms with Crippen molar-refractivity contribution < 1.29 is 0 Å². The van der Waals surface area contributed by atoms with Crippen molar-refractivity contribution in [3.8, 4) is 0 Å². The van der Waals surface area contributed by atoms with Crippen LogP contribution in [0.15, 0.2) is 52.3 Å². The summed E-state index contributed by atoms with van der Waals surface area (Å²) in [5.41, 5.74) is 4.11. The van der Waals surface area contributed by atoms with Gasteiger partial charge in [-0.3, -0.25) is 0 Å². The van der Waals surface area contributed by atoms with Crippen LogP contribution >= 0.6 is 11.8 Å². The van der Waals surface area contributed by atoms with Gasteiger partial charge in [0.05, 0.1) is 11.4 Å². The predicted octanol–water partition coefficient (Wildman–Crippen LogP) is 4.78.